The molecule has 0 fully saturated rings. The Bertz CT molecular complexity index is 911. The summed E-state index contributed by atoms with van der Waals surface area (Å²) in [7, 11) is -2.48. The number of nitrogens with one attached hydrogen (secondary N) is 1. The quantitative estimate of drug-likeness (QED) is 0.892. The zero-order valence-electron chi connectivity index (χ0n) is 13.3. The lowest BCUT2D eigenvalue weighted by Gasteiger charge is -2.15. The van der Waals surface area contributed by atoms with Crippen molar-refractivity contribution in [2.75, 3.05) is 18.6 Å². The maximum atomic E-state index is 12.8. The van der Waals surface area contributed by atoms with E-state index in [0.29, 0.717) is 27.8 Å². The highest BCUT2D eigenvalue weighted by Gasteiger charge is 2.24. The lowest BCUT2D eigenvalue weighted by Crippen LogP contribution is -2.15. The van der Waals surface area contributed by atoms with E-state index in [1.807, 2.05) is 0 Å². The molecule has 0 aliphatic carbocycles. The Balaban J connectivity index is 2.03. The van der Waals surface area contributed by atoms with Crippen molar-refractivity contribution in [3.05, 3.63) is 40.4 Å². The van der Waals surface area contributed by atoms with Gasteiger partial charge >= 0.3 is 0 Å². The average molecular weight is 370 g/mol. The van der Waals surface area contributed by atoms with Crippen LogP contribution in [0.4, 0.5) is 5.69 Å². The molecule has 0 amide bonds. The van der Waals surface area contributed by atoms with Gasteiger partial charge in [0.15, 0.2) is 11.5 Å². The predicted octanol–water partition coefficient (Wildman–Crippen LogP) is 3.49. The fourth-order valence-electron chi connectivity index (χ4n) is 2.36. The summed E-state index contributed by atoms with van der Waals surface area (Å²) in [5, 5.41) is 0.346. The first kappa shape index (κ1) is 16.7. The second-order valence-corrected chi connectivity index (χ2v) is 7.44. The van der Waals surface area contributed by atoms with E-state index in [-0.39, 0.29) is 17.4 Å². The Morgan fingerprint density at radius 1 is 1.08 bits per heavy atom. The van der Waals surface area contributed by atoms with E-state index in [2.05, 4.69) is 4.72 Å². The van der Waals surface area contributed by atoms with Gasteiger partial charge < -0.3 is 14.2 Å². The molecular formula is C16H16ClNO5S. The molecule has 1 N–H and O–H groups in total. The number of fused-ring (bicyclic) bond motifs is 1. The van der Waals surface area contributed by atoms with Gasteiger partial charge in [0.1, 0.15) is 10.6 Å². The van der Waals surface area contributed by atoms with Gasteiger partial charge in [-0.15, -0.1) is 0 Å². The van der Waals surface area contributed by atoms with E-state index in [1.54, 1.807) is 32.0 Å². The van der Waals surface area contributed by atoms with Crippen molar-refractivity contribution in [1.29, 1.82) is 0 Å². The number of rotatable bonds is 4. The fourth-order valence-corrected chi connectivity index (χ4v) is 3.89. The number of benzene rings is 2. The Kier molecular flexibility index (Phi) is 4.23. The number of sulfonamides is 1. The van der Waals surface area contributed by atoms with E-state index in [4.69, 9.17) is 25.8 Å². The molecule has 3 rings (SSSR count). The van der Waals surface area contributed by atoms with Gasteiger partial charge in [-0.2, -0.15) is 0 Å². The van der Waals surface area contributed by atoms with Crippen LogP contribution in [0.1, 0.15) is 11.1 Å². The fraction of sp³-hybridized carbons (Fsp3) is 0.250. The summed E-state index contributed by atoms with van der Waals surface area (Å²) in [6, 6.07) is 6.28. The van der Waals surface area contributed by atoms with E-state index in [0.717, 1.165) is 5.56 Å². The Labute approximate surface area is 145 Å². The number of aryl methyl sites for hydroxylation is 2. The highest BCUT2D eigenvalue weighted by molar-refractivity contribution is 7.92. The van der Waals surface area contributed by atoms with E-state index >= 15 is 0 Å². The lowest BCUT2D eigenvalue weighted by atomic mass is 10.2. The average Bonchev–Trinajstić information content (AvgIpc) is 2.96. The van der Waals surface area contributed by atoms with Crippen LogP contribution in [0.5, 0.6) is 17.2 Å². The third-order valence-electron chi connectivity index (χ3n) is 3.70. The van der Waals surface area contributed by atoms with Crippen molar-refractivity contribution in [2.24, 2.45) is 0 Å². The SMILES string of the molecule is COc1cc(C)c(Cl)cc1S(=O)(=O)Nc1cc2c(cc1C)OCO2. The summed E-state index contributed by atoms with van der Waals surface area (Å²) < 4.78 is 43.9. The summed E-state index contributed by atoms with van der Waals surface area (Å²) in [6.45, 7) is 3.67. The number of hydrogen-bond donors (Lipinski definition) is 1. The van der Waals surface area contributed by atoms with Crippen LogP contribution < -0.4 is 18.9 Å². The summed E-state index contributed by atoms with van der Waals surface area (Å²) >= 11 is 6.08. The number of halogens is 1. The molecule has 0 saturated heterocycles. The van der Waals surface area contributed by atoms with Gasteiger partial charge in [0, 0.05) is 11.1 Å². The van der Waals surface area contributed by atoms with E-state index in [1.165, 1.54) is 13.2 Å². The first-order chi connectivity index (χ1) is 11.3. The van der Waals surface area contributed by atoms with Crippen LogP contribution in [-0.2, 0) is 10.0 Å². The van der Waals surface area contributed by atoms with Gasteiger partial charge in [-0.1, -0.05) is 11.6 Å². The van der Waals surface area contributed by atoms with Crippen molar-refractivity contribution in [2.45, 2.75) is 18.7 Å². The normalized spacial score (nSPS) is 13.0. The van der Waals surface area contributed by atoms with Crippen LogP contribution in [0.3, 0.4) is 0 Å². The van der Waals surface area contributed by atoms with E-state index in [9.17, 15) is 8.42 Å². The molecule has 24 heavy (non-hydrogen) atoms. The molecule has 1 heterocycles. The monoisotopic (exact) mass is 369 g/mol. The van der Waals surface area contributed by atoms with Crippen LogP contribution in [0.25, 0.3) is 0 Å². The molecule has 2 aromatic rings. The van der Waals surface area contributed by atoms with Crippen molar-refractivity contribution in [1.82, 2.24) is 0 Å². The maximum Gasteiger partial charge on any atom is 0.265 e. The third-order valence-corrected chi connectivity index (χ3v) is 5.49. The molecule has 1 aliphatic heterocycles. The number of anilines is 1. The van der Waals surface area contributed by atoms with Gasteiger partial charge in [-0.05, 0) is 43.2 Å². The number of methoxy groups -OCH3 is 1. The van der Waals surface area contributed by atoms with Crippen molar-refractivity contribution in [3.63, 3.8) is 0 Å². The molecule has 8 heteroatoms. The van der Waals surface area contributed by atoms with Crippen molar-refractivity contribution < 1.29 is 22.6 Å². The Hall–Kier alpha value is -2.12. The molecule has 6 nitrogen and oxygen atoms in total. The molecule has 0 unspecified atom stereocenters. The van der Waals surface area contributed by atoms with Crippen molar-refractivity contribution in [3.8, 4) is 17.2 Å². The highest BCUT2D eigenvalue weighted by Crippen LogP contribution is 2.38. The third kappa shape index (κ3) is 2.97. The standard InChI is InChI=1S/C16H16ClNO5S/c1-9-4-15(21-3)16(6-11(9)17)24(19,20)18-12-7-14-13(5-10(12)2)22-8-23-14/h4-7,18H,8H2,1-3H3. The Morgan fingerprint density at radius 2 is 1.75 bits per heavy atom. The zero-order chi connectivity index (χ0) is 17.5. The molecule has 0 bridgehead atoms. The first-order valence-corrected chi connectivity index (χ1v) is 8.95. The topological polar surface area (TPSA) is 73.9 Å². The minimum absolute atomic E-state index is 0.0299. The summed E-state index contributed by atoms with van der Waals surface area (Å²) in [4.78, 5) is -0.0299. The molecule has 0 atom stereocenters. The largest absolute Gasteiger partial charge is 0.495 e. The van der Waals surface area contributed by atoms with Crippen LogP contribution in [0.2, 0.25) is 5.02 Å². The minimum atomic E-state index is -3.89. The number of hydrogen-bond acceptors (Lipinski definition) is 5. The predicted molar refractivity (Wildman–Crippen MR) is 90.9 cm³/mol. The van der Waals surface area contributed by atoms with Crippen LogP contribution in [0.15, 0.2) is 29.2 Å². The molecule has 1 aliphatic rings. The van der Waals surface area contributed by atoms with Gasteiger partial charge in [0.2, 0.25) is 6.79 Å². The van der Waals surface area contributed by atoms with Crippen LogP contribution >= 0.6 is 11.6 Å². The lowest BCUT2D eigenvalue weighted by molar-refractivity contribution is 0.174. The summed E-state index contributed by atoms with van der Waals surface area (Å²) in [6.07, 6.45) is 0. The minimum Gasteiger partial charge on any atom is -0.495 e. The highest BCUT2D eigenvalue weighted by atomic mass is 35.5. The second kappa shape index (κ2) is 6.07. The van der Waals surface area contributed by atoms with Crippen LogP contribution in [0, 0.1) is 13.8 Å². The molecule has 0 saturated carbocycles. The molecule has 0 aromatic heterocycles. The van der Waals surface area contributed by atoms with Gasteiger partial charge in [-0.25, -0.2) is 8.42 Å². The smallest absolute Gasteiger partial charge is 0.265 e. The molecule has 128 valence electrons. The van der Waals surface area contributed by atoms with Gasteiger partial charge in [0.25, 0.3) is 10.0 Å². The summed E-state index contributed by atoms with van der Waals surface area (Å²) in [5.74, 6) is 1.31. The zero-order valence-corrected chi connectivity index (χ0v) is 14.9. The van der Waals surface area contributed by atoms with Gasteiger partial charge in [-0.3, -0.25) is 4.72 Å². The second-order valence-electron chi connectivity index (χ2n) is 5.38. The van der Waals surface area contributed by atoms with E-state index < -0.39 is 10.0 Å². The molecule has 2 aromatic carbocycles. The van der Waals surface area contributed by atoms with Crippen molar-refractivity contribution >= 4 is 27.3 Å². The number of ether oxygens (including phenoxy) is 3. The first-order valence-electron chi connectivity index (χ1n) is 7.09. The molecule has 0 spiro atoms. The molecule has 0 radical (unpaired) electrons. The van der Waals surface area contributed by atoms with Crippen LogP contribution in [-0.4, -0.2) is 22.3 Å². The Morgan fingerprint density at radius 3 is 2.42 bits per heavy atom. The maximum absolute atomic E-state index is 12.8. The molecular weight excluding hydrogens is 354 g/mol. The van der Waals surface area contributed by atoms with Gasteiger partial charge in [0.05, 0.1) is 12.8 Å². The summed E-state index contributed by atoms with van der Waals surface area (Å²) in [5.41, 5.74) is 1.84.